The summed E-state index contributed by atoms with van der Waals surface area (Å²) in [5.74, 6) is 2.60. The molecule has 0 saturated heterocycles. The van der Waals surface area contributed by atoms with E-state index in [1.165, 1.54) is 5.56 Å². The highest BCUT2D eigenvalue weighted by molar-refractivity contribution is 7.80. The fourth-order valence-electron chi connectivity index (χ4n) is 3.71. The molecule has 0 spiro atoms. The molecule has 0 saturated carbocycles. The van der Waals surface area contributed by atoms with Gasteiger partial charge in [-0.2, -0.15) is 0 Å². The van der Waals surface area contributed by atoms with E-state index < -0.39 is 0 Å². The van der Waals surface area contributed by atoms with Crippen molar-refractivity contribution in [1.82, 2.24) is 16.0 Å². The van der Waals surface area contributed by atoms with Gasteiger partial charge in [0.1, 0.15) is 5.75 Å². The van der Waals surface area contributed by atoms with Crippen LogP contribution in [-0.2, 0) is 6.54 Å². The molecule has 0 heterocycles. The van der Waals surface area contributed by atoms with Crippen LogP contribution >= 0.6 is 12.2 Å². The van der Waals surface area contributed by atoms with Gasteiger partial charge in [0.15, 0.2) is 16.6 Å². The molecule has 3 N–H and O–H groups in total. The van der Waals surface area contributed by atoms with Gasteiger partial charge in [0, 0.05) is 24.3 Å². The van der Waals surface area contributed by atoms with Crippen molar-refractivity contribution in [2.45, 2.75) is 25.6 Å². The predicted molar refractivity (Wildman–Crippen MR) is 143 cm³/mol. The molecule has 0 radical (unpaired) electrons. The predicted octanol–water partition coefficient (Wildman–Crippen LogP) is 4.41. The van der Waals surface area contributed by atoms with Crippen LogP contribution in [0.4, 0.5) is 0 Å². The number of rotatable bonds is 10. The lowest BCUT2D eigenvalue weighted by Crippen LogP contribution is -2.35. The molecule has 2 aromatic rings. The second-order valence-corrected chi connectivity index (χ2v) is 8.30. The topological polar surface area (TPSA) is 73.0 Å². The van der Waals surface area contributed by atoms with E-state index in [4.69, 9.17) is 31.2 Å². The van der Waals surface area contributed by atoms with E-state index in [0.29, 0.717) is 28.9 Å². The summed E-state index contributed by atoms with van der Waals surface area (Å²) in [5, 5.41) is 10.7. The SMILES string of the molecule is COc1ccc(C(C)NC2C=CC=CC(NC(=S)NCc3cc(OC)c(OC)c(OC)c3)=C2)cc1. The van der Waals surface area contributed by atoms with Crippen molar-refractivity contribution in [3.63, 3.8) is 0 Å². The molecule has 0 aliphatic heterocycles. The second kappa shape index (κ2) is 12.8. The summed E-state index contributed by atoms with van der Waals surface area (Å²) in [6, 6.07) is 12.1. The summed E-state index contributed by atoms with van der Waals surface area (Å²) in [6.45, 7) is 2.63. The van der Waals surface area contributed by atoms with E-state index in [2.05, 4.69) is 47.2 Å². The first-order valence-corrected chi connectivity index (χ1v) is 11.7. The van der Waals surface area contributed by atoms with Crippen LogP contribution < -0.4 is 34.9 Å². The van der Waals surface area contributed by atoms with Crippen LogP contribution in [0.2, 0.25) is 0 Å². The fourth-order valence-corrected chi connectivity index (χ4v) is 3.90. The first-order chi connectivity index (χ1) is 17.0. The fraction of sp³-hybridized carbons (Fsp3) is 0.296. The maximum absolute atomic E-state index is 5.54. The molecule has 2 unspecified atom stereocenters. The molecule has 0 fully saturated rings. The normalized spacial score (nSPS) is 15.5. The summed E-state index contributed by atoms with van der Waals surface area (Å²) < 4.78 is 21.5. The Bertz CT molecular complexity index is 1070. The van der Waals surface area contributed by atoms with Crippen LogP contribution in [0.25, 0.3) is 0 Å². The summed E-state index contributed by atoms with van der Waals surface area (Å²) in [6.07, 6.45) is 10.2. The zero-order valence-corrected chi connectivity index (χ0v) is 21.6. The monoisotopic (exact) mass is 495 g/mol. The number of ether oxygens (including phenoxy) is 4. The van der Waals surface area contributed by atoms with Gasteiger partial charge in [0.2, 0.25) is 5.75 Å². The number of methoxy groups -OCH3 is 4. The Morgan fingerprint density at radius 2 is 1.63 bits per heavy atom. The molecular weight excluding hydrogens is 462 g/mol. The zero-order chi connectivity index (χ0) is 25.2. The van der Waals surface area contributed by atoms with E-state index in [9.17, 15) is 0 Å². The van der Waals surface area contributed by atoms with Gasteiger partial charge < -0.3 is 34.9 Å². The highest BCUT2D eigenvalue weighted by Crippen LogP contribution is 2.38. The van der Waals surface area contributed by atoms with Crippen molar-refractivity contribution in [3.8, 4) is 23.0 Å². The van der Waals surface area contributed by atoms with Gasteiger partial charge in [-0.15, -0.1) is 0 Å². The third-order valence-corrected chi connectivity index (χ3v) is 5.80. The molecule has 35 heavy (non-hydrogen) atoms. The van der Waals surface area contributed by atoms with Gasteiger partial charge in [-0.05, 0) is 66.7 Å². The third-order valence-electron chi connectivity index (χ3n) is 5.56. The van der Waals surface area contributed by atoms with Gasteiger partial charge in [-0.3, -0.25) is 0 Å². The Kier molecular flexibility index (Phi) is 9.57. The Balaban J connectivity index is 1.61. The highest BCUT2D eigenvalue weighted by atomic mass is 32.1. The minimum absolute atomic E-state index is 0.0301. The lowest BCUT2D eigenvalue weighted by molar-refractivity contribution is 0.323. The second-order valence-electron chi connectivity index (χ2n) is 7.89. The summed E-state index contributed by atoms with van der Waals surface area (Å²) >= 11 is 5.54. The van der Waals surface area contributed by atoms with Crippen LogP contribution in [0, 0.1) is 0 Å². The molecule has 1 aliphatic carbocycles. The van der Waals surface area contributed by atoms with E-state index in [0.717, 1.165) is 17.0 Å². The summed E-state index contributed by atoms with van der Waals surface area (Å²) in [4.78, 5) is 0. The lowest BCUT2D eigenvalue weighted by Gasteiger charge is -2.20. The number of nitrogens with one attached hydrogen (secondary N) is 3. The minimum Gasteiger partial charge on any atom is -0.497 e. The van der Waals surface area contributed by atoms with Crippen LogP contribution in [0.15, 0.2) is 72.5 Å². The Morgan fingerprint density at radius 3 is 2.23 bits per heavy atom. The van der Waals surface area contributed by atoms with Crippen LogP contribution in [0.5, 0.6) is 23.0 Å². The number of benzene rings is 2. The van der Waals surface area contributed by atoms with Crippen molar-refractivity contribution in [3.05, 3.63) is 83.6 Å². The van der Waals surface area contributed by atoms with Gasteiger partial charge >= 0.3 is 0 Å². The molecular formula is C27H33N3O4S. The molecule has 1 aliphatic rings. The third kappa shape index (κ3) is 7.24. The Morgan fingerprint density at radius 1 is 0.943 bits per heavy atom. The molecule has 0 bridgehead atoms. The molecule has 0 aromatic heterocycles. The largest absolute Gasteiger partial charge is 0.497 e. The molecule has 7 nitrogen and oxygen atoms in total. The van der Waals surface area contributed by atoms with E-state index in [1.54, 1.807) is 28.4 Å². The van der Waals surface area contributed by atoms with E-state index in [-0.39, 0.29) is 12.1 Å². The van der Waals surface area contributed by atoms with Crippen molar-refractivity contribution >= 4 is 17.3 Å². The van der Waals surface area contributed by atoms with Gasteiger partial charge in [0.25, 0.3) is 0 Å². The first-order valence-electron chi connectivity index (χ1n) is 11.3. The molecule has 186 valence electrons. The van der Waals surface area contributed by atoms with Crippen LogP contribution in [0.3, 0.4) is 0 Å². The number of allylic oxidation sites excluding steroid dienone is 3. The molecule has 0 amide bonds. The smallest absolute Gasteiger partial charge is 0.203 e. The van der Waals surface area contributed by atoms with Crippen molar-refractivity contribution < 1.29 is 18.9 Å². The van der Waals surface area contributed by atoms with Gasteiger partial charge in [-0.25, -0.2) is 0 Å². The molecule has 3 rings (SSSR count). The van der Waals surface area contributed by atoms with Crippen molar-refractivity contribution in [1.29, 1.82) is 0 Å². The van der Waals surface area contributed by atoms with Crippen LogP contribution in [-0.4, -0.2) is 39.6 Å². The minimum atomic E-state index is 0.0301. The Hall–Kier alpha value is -3.49. The van der Waals surface area contributed by atoms with E-state index in [1.807, 2.05) is 42.5 Å². The standard InChI is InChI=1S/C27H33N3O4S/c1-18(20-10-12-23(31-2)13-11-20)29-21-8-6-7-9-22(16-21)30-27(35)28-17-19-14-24(32-3)26(34-5)25(15-19)33-4/h6-16,18,21,29H,17H2,1-5H3,(H2,28,30,35). The summed E-state index contributed by atoms with van der Waals surface area (Å²) in [5.41, 5.74) is 3.03. The first kappa shape index (κ1) is 26.1. The van der Waals surface area contributed by atoms with Crippen LogP contribution in [0.1, 0.15) is 24.1 Å². The maximum Gasteiger partial charge on any atom is 0.203 e. The molecule has 8 heteroatoms. The lowest BCUT2D eigenvalue weighted by atomic mass is 10.1. The number of thiocarbonyl (C=S) groups is 1. The summed E-state index contributed by atoms with van der Waals surface area (Å²) in [7, 11) is 6.45. The highest BCUT2D eigenvalue weighted by Gasteiger charge is 2.14. The quantitative estimate of drug-likeness (QED) is 0.419. The number of hydrogen-bond acceptors (Lipinski definition) is 6. The number of hydrogen-bond donors (Lipinski definition) is 3. The van der Waals surface area contributed by atoms with Crippen molar-refractivity contribution in [2.24, 2.45) is 0 Å². The average molecular weight is 496 g/mol. The van der Waals surface area contributed by atoms with Gasteiger partial charge in [-0.1, -0.05) is 30.4 Å². The Labute approximate surface area is 212 Å². The van der Waals surface area contributed by atoms with E-state index >= 15 is 0 Å². The molecule has 2 atom stereocenters. The van der Waals surface area contributed by atoms with Gasteiger partial charge in [0.05, 0.1) is 28.4 Å². The average Bonchev–Trinajstić information content (AvgIpc) is 3.11. The van der Waals surface area contributed by atoms with Crippen molar-refractivity contribution in [2.75, 3.05) is 28.4 Å². The maximum atomic E-state index is 5.54. The molecule has 2 aromatic carbocycles. The zero-order valence-electron chi connectivity index (χ0n) is 20.8.